The van der Waals surface area contributed by atoms with E-state index in [0.29, 0.717) is 6.04 Å². The molecule has 1 heterocycles. The zero-order valence-corrected chi connectivity index (χ0v) is 11.9. The average molecular weight is 288 g/mol. The number of hydrogen-bond donors (Lipinski definition) is 1. The van der Waals surface area contributed by atoms with E-state index in [1.165, 1.54) is 14.9 Å². The Hall–Kier alpha value is -0.120. The molecule has 0 saturated heterocycles. The molecule has 0 fully saturated rings. The van der Waals surface area contributed by atoms with Gasteiger partial charge in [0.1, 0.15) is 0 Å². The summed E-state index contributed by atoms with van der Waals surface area (Å²) in [6, 6.07) is 2.64. The highest BCUT2D eigenvalue weighted by molar-refractivity contribution is 9.10. The van der Waals surface area contributed by atoms with Gasteiger partial charge in [-0.05, 0) is 39.9 Å². The second-order valence-corrected chi connectivity index (χ2v) is 5.63. The lowest BCUT2D eigenvalue weighted by atomic mass is 10.1. The molecule has 0 saturated carbocycles. The predicted octanol–water partition coefficient (Wildman–Crippen LogP) is 4.30. The van der Waals surface area contributed by atoms with Crippen LogP contribution in [0.5, 0.6) is 0 Å². The third-order valence-corrected chi connectivity index (χ3v) is 3.99. The van der Waals surface area contributed by atoms with Gasteiger partial charge >= 0.3 is 0 Å². The predicted molar refractivity (Wildman–Crippen MR) is 73.4 cm³/mol. The van der Waals surface area contributed by atoms with Crippen molar-refractivity contribution in [2.75, 3.05) is 6.54 Å². The van der Waals surface area contributed by atoms with Crippen LogP contribution >= 0.6 is 27.3 Å². The smallest absolute Gasteiger partial charge is 0.0412 e. The molecule has 0 aliphatic carbocycles. The van der Waals surface area contributed by atoms with Crippen LogP contribution in [-0.4, -0.2) is 12.6 Å². The minimum absolute atomic E-state index is 0.548. The summed E-state index contributed by atoms with van der Waals surface area (Å²) in [6.07, 6.45) is 3.38. The molecular formula is C12H18BrNS. The van der Waals surface area contributed by atoms with Gasteiger partial charge in [0.25, 0.3) is 0 Å². The van der Waals surface area contributed by atoms with Gasteiger partial charge in [-0.3, -0.25) is 0 Å². The van der Waals surface area contributed by atoms with Crippen LogP contribution in [0.3, 0.4) is 0 Å². The van der Waals surface area contributed by atoms with Gasteiger partial charge in [-0.25, -0.2) is 0 Å². The number of hydrogen-bond acceptors (Lipinski definition) is 2. The summed E-state index contributed by atoms with van der Waals surface area (Å²) < 4.78 is 1.20. The highest BCUT2D eigenvalue weighted by Gasteiger charge is 2.01. The first kappa shape index (κ1) is 12.9. The molecule has 0 aromatic carbocycles. The summed E-state index contributed by atoms with van der Waals surface area (Å²) in [5.74, 6) is 0. The lowest BCUT2D eigenvalue weighted by molar-refractivity contribution is 0.617. The molecule has 0 aliphatic heterocycles. The average Bonchev–Trinajstić information content (AvgIpc) is 2.58. The van der Waals surface area contributed by atoms with Crippen LogP contribution in [0.15, 0.2) is 21.5 Å². The van der Waals surface area contributed by atoms with Gasteiger partial charge in [0, 0.05) is 21.9 Å². The number of nitrogens with one attached hydrogen (secondary N) is 1. The van der Waals surface area contributed by atoms with Crippen molar-refractivity contribution in [3.63, 3.8) is 0 Å². The van der Waals surface area contributed by atoms with Crippen molar-refractivity contribution in [2.24, 2.45) is 0 Å². The lowest BCUT2D eigenvalue weighted by Gasteiger charge is -2.09. The fourth-order valence-corrected chi connectivity index (χ4v) is 2.68. The van der Waals surface area contributed by atoms with Crippen LogP contribution < -0.4 is 5.32 Å². The second-order valence-electron chi connectivity index (χ2n) is 3.82. The Morgan fingerprint density at radius 1 is 1.60 bits per heavy atom. The molecule has 15 heavy (non-hydrogen) atoms. The minimum atomic E-state index is 0.548. The molecule has 1 nitrogen and oxygen atoms in total. The van der Waals surface area contributed by atoms with Crippen molar-refractivity contribution >= 4 is 33.3 Å². The van der Waals surface area contributed by atoms with Gasteiger partial charge in [0.05, 0.1) is 0 Å². The van der Waals surface area contributed by atoms with Crippen molar-refractivity contribution < 1.29 is 0 Å². The molecule has 0 bridgehead atoms. The second kappa shape index (κ2) is 6.46. The first-order chi connectivity index (χ1) is 7.13. The van der Waals surface area contributed by atoms with E-state index in [1.54, 1.807) is 11.3 Å². The highest BCUT2D eigenvalue weighted by Crippen LogP contribution is 2.25. The Kier molecular flexibility index (Phi) is 5.58. The van der Waals surface area contributed by atoms with E-state index in [1.807, 2.05) is 0 Å². The maximum atomic E-state index is 3.55. The number of halogens is 1. The Morgan fingerprint density at radius 2 is 2.33 bits per heavy atom. The third kappa shape index (κ3) is 4.49. The maximum absolute atomic E-state index is 3.55. The Balaban J connectivity index is 2.65. The minimum Gasteiger partial charge on any atom is -0.311 e. The van der Waals surface area contributed by atoms with Crippen LogP contribution in [0.25, 0.3) is 6.08 Å². The molecule has 0 amide bonds. The van der Waals surface area contributed by atoms with Crippen molar-refractivity contribution in [3.8, 4) is 0 Å². The van der Waals surface area contributed by atoms with Crippen LogP contribution in [-0.2, 0) is 0 Å². The molecule has 0 aliphatic rings. The van der Waals surface area contributed by atoms with E-state index < -0.39 is 0 Å². The van der Waals surface area contributed by atoms with Gasteiger partial charge in [0.2, 0.25) is 0 Å². The Labute approximate surface area is 105 Å². The number of thiophene rings is 1. The fourth-order valence-electron chi connectivity index (χ4n) is 1.21. The SMILES string of the molecule is CC/C(=C/c1sccc1Br)CNC(C)C. The van der Waals surface area contributed by atoms with E-state index in [0.717, 1.165) is 13.0 Å². The van der Waals surface area contributed by atoms with Crippen LogP contribution in [0.1, 0.15) is 32.1 Å². The van der Waals surface area contributed by atoms with Crippen LogP contribution in [0.4, 0.5) is 0 Å². The molecule has 0 spiro atoms. The van der Waals surface area contributed by atoms with Crippen molar-refractivity contribution in [3.05, 3.63) is 26.4 Å². The molecule has 1 aromatic heterocycles. The zero-order chi connectivity index (χ0) is 11.3. The molecule has 3 heteroatoms. The van der Waals surface area contributed by atoms with Crippen LogP contribution in [0, 0.1) is 0 Å². The summed E-state index contributed by atoms with van der Waals surface area (Å²) >= 11 is 5.33. The quantitative estimate of drug-likeness (QED) is 0.851. The standard InChI is InChI=1S/C12H18BrNS/c1-4-10(8-14-9(2)3)7-12-11(13)5-6-15-12/h5-7,9,14H,4,8H2,1-3H3/b10-7-. The maximum Gasteiger partial charge on any atom is 0.0412 e. The van der Waals surface area contributed by atoms with Gasteiger partial charge in [-0.1, -0.05) is 26.3 Å². The van der Waals surface area contributed by atoms with Gasteiger partial charge in [0.15, 0.2) is 0 Å². The first-order valence-electron chi connectivity index (χ1n) is 5.29. The zero-order valence-electron chi connectivity index (χ0n) is 9.51. The summed E-state index contributed by atoms with van der Waals surface area (Å²) in [4.78, 5) is 1.32. The van der Waals surface area contributed by atoms with E-state index in [9.17, 15) is 0 Å². The Bertz CT molecular complexity index is 328. The fraction of sp³-hybridized carbons (Fsp3) is 0.500. The largest absolute Gasteiger partial charge is 0.311 e. The summed E-state index contributed by atoms with van der Waals surface area (Å²) in [6.45, 7) is 7.54. The van der Waals surface area contributed by atoms with Gasteiger partial charge in [-0.2, -0.15) is 0 Å². The molecule has 1 rings (SSSR count). The molecule has 1 aromatic rings. The van der Waals surface area contributed by atoms with E-state index >= 15 is 0 Å². The van der Waals surface area contributed by atoms with Gasteiger partial charge in [-0.15, -0.1) is 11.3 Å². The summed E-state index contributed by atoms with van der Waals surface area (Å²) in [5.41, 5.74) is 1.45. The van der Waals surface area contributed by atoms with Crippen LogP contribution in [0.2, 0.25) is 0 Å². The van der Waals surface area contributed by atoms with Crippen molar-refractivity contribution in [1.82, 2.24) is 5.32 Å². The molecule has 0 radical (unpaired) electrons. The lowest BCUT2D eigenvalue weighted by Crippen LogP contribution is -2.24. The monoisotopic (exact) mass is 287 g/mol. The molecular weight excluding hydrogens is 270 g/mol. The van der Waals surface area contributed by atoms with E-state index in [4.69, 9.17) is 0 Å². The van der Waals surface area contributed by atoms with Gasteiger partial charge < -0.3 is 5.32 Å². The number of rotatable bonds is 5. The third-order valence-electron chi connectivity index (χ3n) is 2.17. The van der Waals surface area contributed by atoms with Crippen molar-refractivity contribution in [1.29, 1.82) is 0 Å². The summed E-state index contributed by atoms with van der Waals surface area (Å²) in [5, 5.41) is 5.56. The van der Waals surface area contributed by atoms with E-state index in [2.05, 4.69) is 59.5 Å². The first-order valence-corrected chi connectivity index (χ1v) is 6.96. The molecule has 1 N–H and O–H groups in total. The summed E-state index contributed by atoms with van der Waals surface area (Å²) in [7, 11) is 0. The molecule has 84 valence electrons. The van der Waals surface area contributed by atoms with Crippen molar-refractivity contribution in [2.45, 2.75) is 33.2 Å². The normalized spacial score (nSPS) is 12.5. The topological polar surface area (TPSA) is 12.0 Å². The Morgan fingerprint density at radius 3 is 2.80 bits per heavy atom. The highest BCUT2D eigenvalue weighted by atomic mass is 79.9. The molecule has 0 atom stereocenters. The van der Waals surface area contributed by atoms with E-state index in [-0.39, 0.29) is 0 Å². The molecule has 0 unspecified atom stereocenters.